The Bertz CT molecular complexity index is 1580. The third-order valence-electron chi connectivity index (χ3n) is 7.32. The molecular formula is C34H37N7O3. The minimum Gasteiger partial charge on any atom is -0.370 e. The number of guanidine groups is 1. The highest BCUT2D eigenvalue weighted by molar-refractivity contribution is 6.00. The van der Waals surface area contributed by atoms with E-state index in [9.17, 15) is 14.4 Å². The number of likely N-dealkylation sites (N-methyl/N-ethyl adjacent to an activating group) is 1. The van der Waals surface area contributed by atoms with Gasteiger partial charge in [0, 0.05) is 33.3 Å². The predicted molar refractivity (Wildman–Crippen MR) is 173 cm³/mol. The first-order valence-electron chi connectivity index (χ1n) is 14.0. The highest BCUT2D eigenvalue weighted by atomic mass is 16.2. The first kappa shape index (κ1) is 31.3. The average Bonchev–Trinajstić information content (AvgIpc) is 3.03. The Morgan fingerprint density at radius 1 is 0.773 bits per heavy atom. The van der Waals surface area contributed by atoms with Crippen LogP contribution in [0.25, 0.3) is 11.1 Å². The van der Waals surface area contributed by atoms with Crippen LogP contribution in [0, 0.1) is 5.41 Å². The Hall–Kier alpha value is -5.64. The maximum absolute atomic E-state index is 14.2. The van der Waals surface area contributed by atoms with Gasteiger partial charge in [-0.25, -0.2) is 4.79 Å². The van der Waals surface area contributed by atoms with Crippen molar-refractivity contribution < 1.29 is 14.4 Å². The molecule has 4 aromatic rings. The van der Waals surface area contributed by atoms with Crippen LogP contribution >= 0.6 is 0 Å². The molecule has 1 atom stereocenters. The first-order valence-corrected chi connectivity index (χ1v) is 14.0. The quantitative estimate of drug-likeness (QED) is 0.139. The third kappa shape index (κ3) is 7.22. The molecule has 0 fully saturated rings. The molecule has 0 spiro atoms. The van der Waals surface area contributed by atoms with Crippen LogP contribution in [-0.4, -0.2) is 49.8 Å². The second-order valence-corrected chi connectivity index (χ2v) is 10.5. The van der Waals surface area contributed by atoms with E-state index in [0.29, 0.717) is 16.8 Å². The minimum absolute atomic E-state index is 0.196. The number of anilines is 1. The van der Waals surface area contributed by atoms with Gasteiger partial charge in [0.05, 0.1) is 11.6 Å². The van der Waals surface area contributed by atoms with Gasteiger partial charge >= 0.3 is 6.03 Å². The van der Waals surface area contributed by atoms with E-state index in [1.54, 1.807) is 39.3 Å². The first-order chi connectivity index (χ1) is 21.1. The molecule has 44 heavy (non-hydrogen) atoms. The normalized spacial score (nSPS) is 11.4. The summed E-state index contributed by atoms with van der Waals surface area (Å²) in [4.78, 5) is 42.2. The van der Waals surface area contributed by atoms with E-state index in [0.717, 1.165) is 22.3 Å². The molecule has 0 radical (unpaired) electrons. The molecule has 0 aliphatic heterocycles. The number of primary amides is 1. The fourth-order valence-corrected chi connectivity index (χ4v) is 5.04. The van der Waals surface area contributed by atoms with Gasteiger partial charge in [-0.1, -0.05) is 97.1 Å². The predicted octanol–water partition coefficient (Wildman–Crippen LogP) is 3.93. The summed E-state index contributed by atoms with van der Waals surface area (Å²) in [6.07, 6.45) is 0. The van der Waals surface area contributed by atoms with Gasteiger partial charge in [0.1, 0.15) is 6.04 Å². The van der Waals surface area contributed by atoms with E-state index >= 15 is 0 Å². The average molecular weight is 592 g/mol. The standard InChI is InChI=1S/C34H37N7O3/c1-40(2)32(43)30(39-31(42)28(23-11-6-4-7-12-23)24-13-8-5-9-14-24)26-15-10-16-27(41(3)33(35)36)29(26)25-19-17-22(18-20-25)21-38-34(37)44/h4-20,28,30H,21H2,1-3H3,(H3,35,36)(H,39,42)(H3,37,38,44). The summed E-state index contributed by atoms with van der Waals surface area (Å²) >= 11 is 0. The van der Waals surface area contributed by atoms with Crippen LogP contribution in [-0.2, 0) is 16.1 Å². The van der Waals surface area contributed by atoms with Crippen LogP contribution in [0.4, 0.5) is 10.5 Å². The Morgan fingerprint density at radius 2 is 1.34 bits per heavy atom. The summed E-state index contributed by atoms with van der Waals surface area (Å²) in [6, 6.07) is 29.9. The Labute approximate surface area is 257 Å². The molecule has 4 rings (SSSR count). The second-order valence-electron chi connectivity index (χ2n) is 10.5. The lowest BCUT2D eigenvalue weighted by Gasteiger charge is -2.29. The van der Waals surface area contributed by atoms with Gasteiger partial charge in [-0.3, -0.25) is 15.0 Å². The van der Waals surface area contributed by atoms with Crippen LogP contribution in [0.2, 0.25) is 0 Å². The van der Waals surface area contributed by atoms with Crippen LogP contribution in [0.3, 0.4) is 0 Å². The van der Waals surface area contributed by atoms with Gasteiger partial charge in [-0.2, -0.15) is 0 Å². The molecular weight excluding hydrogens is 554 g/mol. The number of benzene rings is 4. The summed E-state index contributed by atoms with van der Waals surface area (Å²) in [6.45, 7) is 0.246. The minimum atomic E-state index is -1.07. The topological polar surface area (TPSA) is 158 Å². The molecule has 0 aliphatic carbocycles. The van der Waals surface area contributed by atoms with Gasteiger partial charge in [0.2, 0.25) is 11.8 Å². The fraction of sp³-hybridized carbons (Fsp3) is 0.176. The zero-order valence-electron chi connectivity index (χ0n) is 25.0. The van der Waals surface area contributed by atoms with Gasteiger partial charge in [-0.05, 0) is 33.9 Å². The number of urea groups is 1. The van der Waals surface area contributed by atoms with Crippen molar-refractivity contribution in [2.75, 3.05) is 26.0 Å². The molecule has 0 saturated heterocycles. The van der Waals surface area contributed by atoms with E-state index in [4.69, 9.17) is 16.9 Å². The van der Waals surface area contributed by atoms with Crippen molar-refractivity contribution in [3.63, 3.8) is 0 Å². The number of hydrogen-bond donors (Lipinski definition) is 5. The smallest absolute Gasteiger partial charge is 0.312 e. The number of carbonyl (C=O) groups excluding carboxylic acids is 3. The number of rotatable bonds is 10. The Balaban J connectivity index is 1.85. The lowest BCUT2D eigenvalue weighted by Crippen LogP contribution is -2.42. The molecule has 0 heterocycles. The lowest BCUT2D eigenvalue weighted by molar-refractivity contribution is -0.134. The number of nitrogens with zero attached hydrogens (tertiary/aromatic N) is 2. The van der Waals surface area contributed by atoms with Crippen LogP contribution < -0.4 is 27.0 Å². The largest absolute Gasteiger partial charge is 0.370 e. The molecule has 0 aliphatic rings. The highest BCUT2D eigenvalue weighted by Crippen LogP contribution is 2.38. The van der Waals surface area contributed by atoms with E-state index in [1.165, 1.54) is 9.80 Å². The van der Waals surface area contributed by atoms with Crippen molar-refractivity contribution in [2.24, 2.45) is 11.5 Å². The number of amides is 4. The number of carbonyl (C=O) groups is 3. The van der Waals surface area contributed by atoms with E-state index in [-0.39, 0.29) is 24.3 Å². The molecule has 0 bridgehead atoms. The van der Waals surface area contributed by atoms with Gasteiger partial charge < -0.3 is 31.9 Å². The van der Waals surface area contributed by atoms with Gasteiger partial charge in [-0.15, -0.1) is 0 Å². The molecule has 10 heteroatoms. The molecule has 10 nitrogen and oxygen atoms in total. The van der Waals surface area contributed by atoms with E-state index in [2.05, 4.69) is 10.6 Å². The summed E-state index contributed by atoms with van der Waals surface area (Å²) in [5.74, 6) is -1.53. The molecule has 7 N–H and O–H groups in total. The summed E-state index contributed by atoms with van der Waals surface area (Å²) in [7, 11) is 4.94. The molecule has 0 aromatic heterocycles. The molecule has 0 saturated carbocycles. The Kier molecular flexibility index (Phi) is 9.97. The van der Waals surface area contributed by atoms with E-state index < -0.39 is 18.0 Å². The van der Waals surface area contributed by atoms with Gasteiger partial charge in [0.15, 0.2) is 5.96 Å². The summed E-state index contributed by atoms with van der Waals surface area (Å²) in [5, 5.41) is 13.8. The molecule has 4 amide bonds. The zero-order chi connectivity index (χ0) is 31.8. The Morgan fingerprint density at radius 3 is 1.84 bits per heavy atom. The van der Waals surface area contributed by atoms with Crippen molar-refractivity contribution in [3.05, 3.63) is 125 Å². The molecule has 4 aromatic carbocycles. The fourth-order valence-electron chi connectivity index (χ4n) is 5.04. The van der Waals surface area contributed by atoms with Crippen molar-refractivity contribution in [1.82, 2.24) is 15.5 Å². The number of hydrogen-bond acceptors (Lipinski definition) is 4. The van der Waals surface area contributed by atoms with E-state index in [1.807, 2.05) is 84.9 Å². The molecule has 1 unspecified atom stereocenters. The monoisotopic (exact) mass is 591 g/mol. The zero-order valence-corrected chi connectivity index (χ0v) is 25.0. The van der Waals surface area contributed by atoms with Crippen LogP contribution in [0.15, 0.2) is 103 Å². The van der Waals surface area contributed by atoms with Gasteiger partial charge in [0.25, 0.3) is 0 Å². The van der Waals surface area contributed by atoms with Crippen LogP contribution in [0.1, 0.15) is 34.2 Å². The summed E-state index contributed by atoms with van der Waals surface area (Å²) < 4.78 is 0. The molecule has 226 valence electrons. The summed E-state index contributed by atoms with van der Waals surface area (Å²) in [5.41, 5.74) is 16.0. The van der Waals surface area contributed by atoms with Crippen molar-refractivity contribution in [2.45, 2.75) is 18.5 Å². The van der Waals surface area contributed by atoms with Crippen molar-refractivity contribution in [1.29, 1.82) is 5.41 Å². The highest BCUT2D eigenvalue weighted by Gasteiger charge is 2.32. The van der Waals surface area contributed by atoms with Crippen LogP contribution in [0.5, 0.6) is 0 Å². The second kappa shape index (κ2) is 14.0. The van der Waals surface area contributed by atoms with Crippen molar-refractivity contribution >= 4 is 29.5 Å². The number of nitrogens with two attached hydrogens (primary N) is 2. The SMILES string of the molecule is CN(C)C(=O)C(NC(=O)C(c1ccccc1)c1ccccc1)c1cccc(N(C)C(=N)N)c1-c1ccc(CNC(N)=O)cc1. The third-order valence-corrected chi connectivity index (χ3v) is 7.32. The maximum Gasteiger partial charge on any atom is 0.312 e. The lowest BCUT2D eigenvalue weighted by atomic mass is 9.88. The number of nitrogens with one attached hydrogen (secondary N) is 3. The maximum atomic E-state index is 14.2. The van der Waals surface area contributed by atoms with Crippen molar-refractivity contribution in [3.8, 4) is 11.1 Å².